The third-order valence-corrected chi connectivity index (χ3v) is 11.7. The van der Waals surface area contributed by atoms with Gasteiger partial charge in [0.15, 0.2) is 0 Å². The topological polar surface area (TPSA) is 130 Å². The second-order valence-corrected chi connectivity index (χ2v) is 15.6. The van der Waals surface area contributed by atoms with E-state index in [1.54, 1.807) is 16.3 Å². The molecule has 3 aromatic rings. The SMILES string of the molecule is CCC[C@H]1N(C(=O)c2ncccc2C(F)(F)F)CCC[C@@]1(Oc1csc(C)c1)C(=O)N1CCC(O)(c2ccccc2O[C@@H]2CC[C@H](CC(=O)O)C2)CC1. The Labute approximate surface area is 310 Å². The largest absolute Gasteiger partial charge is 0.490 e. The first kappa shape index (κ1) is 38.6. The number of aromatic nitrogens is 1. The molecule has 2 saturated heterocycles. The van der Waals surface area contributed by atoms with Crippen molar-refractivity contribution in [2.75, 3.05) is 19.6 Å². The molecule has 4 heterocycles. The van der Waals surface area contributed by atoms with Gasteiger partial charge in [-0.25, -0.2) is 0 Å². The van der Waals surface area contributed by atoms with Crippen molar-refractivity contribution in [3.63, 3.8) is 0 Å². The maximum Gasteiger partial charge on any atom is 0.418 e. The maximum absolute atomic E-state index is 15.0. The molecule has 2 aromatic heterocycles. The predicted octanol–water partition coefficient (Wildman–Crippen LogP) is 7.23. The van der Waals surface area contributed by atoms with E-state index in [4.69, 9.17) is 9.47 Å². The zero-order valence-corrected chi connectivity index (χ0v) is 30.8. The van der Waals surface area contributed by atoms with Crippen molar-refractivity contribution in [2.45, 2.75) is 108 Å². The monoisotopic (exact) mass is 757 g/mol. The number of ether oxygens (including phenoxy) is 2. The van der Waals surface area contributed by atoms with Crippen molar-refractivity contribution < 1.29 is 47.2 Å². The fourth-order valence-electron chi connectivity index (χ4n) is 8.35. The third-order valence-electron chi connectivity index (χ3n) is 10.9. The first-order valence-electron chi connectivity index (χ1n) is 18.3. The van der Waals surface area contributed by atoms with Gasteiger partial charge in [-0.3, -0.25) is 19.4 Å². The number of hydrogen-bond acceptors (Lipinski definition) is 8. The van der Waals surface area contributed by atoms with Crippen molar-refractivity contribution in [3.05, 3.63) is 75.7 Å². The number of rotatable bonds is 11. The number of amides is 2. The number of thiophene rings is 1. The lowest BCUT2D eigenvalue weighted by Gasteiger charge is -2.51. The Hall–Kier alpha value is -4.17. The number of nitrogens with zero attached hydrogens (tertiary/aromatic N) is 3. The van der Waals surface area contributed by atoms with Crippen molar-refractivity contribution in [3.8, 4) is 11.5 Å². The highest BCUT2D eigenvalue weighted by molar-refractivity contribution is 7.10. The summed E-state index contributed by atoms with van der Waals surface area (Å²) in [6, 6.07) is 10.2. The Morgan fingerprint density at radius 1 is 1.06 bits per heavy atom. The molecule has 1 saturated carbocycles. The molecule has 2 amide bonds. The molecule has 1 aromatic carbocycles. The molecule has 286 valence electrons. The van der Waals surface area contributed by atoms with Crippen molar-refractivity contribution >= 4 is 29.1 Å². The molecule has 0 radical (unpaired) electrons. The van der Waals surface area contributed by atoms with E-state index in [-0.39, 0.29) is 63.2 Å². The quantitative estimate of drug-likeness (QED) is 0.210. The van der Waals surface area contributed by atoms with Crippen LogP contribution in [0.15, 0.2) is 54.0 Å². The van der Waals surface area contributed by atoms with Gasteiger partial charge in [0, 0.05) is 54.5 Å². The molecule has 0 spiro atoms. The summed E-state index contributed by atoms with van der Waals surface area (Å²) in [5, 5.41) is 23.1. The van der Waals surface area contributed by atoms with E-state index in [1.807, 2.05) is 38.1 Å². The fourth-order valence-corrected chi connectivity index (χ4v) is 8.95. The first-order valence-corrected chi connectivity index (χ1v) is 19.2. The molecule has 4 atom stereocenters. The number of piperidine rings is 2. The summed E-state index contributed by atoms with van der Waals surface area (Å²) in [5.41, 5.74) is -4.17. The van der Waals surface area contributed by atoms with E-state index < -0.39 is 46.6 Å². The number of para-hydroxylation sites is 1. The lowest BCUT2D eigenvalue weighted by Crippen LogP contribution is -2.68. The summed E-state index contributed by atoms with van der Waals surface area (Å²) in [6.45, 7) is 4.24. The summed E-state index contributed by atoms with van der Waals surface area (Å²) in [4.78, 5) is 48.1. The molecule has 3 fully saturated rings. The van der Waals surface area contributed by atoms with Gasteiger partial charge in [-0.1, -0.05) is 31.5 Å². The molecule has 0 unspecified atom stereocenters. The molecule has 0 bridgehead atoms. The third kappa shape index (κ3) is 8.18. The second-order valence-electron chi connectivity index (χ2n) is 14.5. The molecule has 2 N–H and O–H groups in total. The minimum absolute atomic E-state index is 0.0349. The smallest absolute Gasteiger partial charge is 0.418 e. The van der Waals surface area contributed by atoms with Crippen LogP contribution in [0.5, 0.6) is 11.5 Å². The van der Waals surface area contributed by atoms with Gasteiger partial charge in [0.25, 0.3) is 11.8 Å². The van der Waals surface area contributed by atoms with Crippen LogP contribution in [-0.2, 0) is 21.4 Å². The lowest BCUT2D eigenvalue weighted by molar-refractivity contribution is -0.163. The van der Waals surface area contributed by atoms with Gasteiger partial charge in [0.2, 0.25) is 5.60 Å². The van der Waals surface area contributed by atoms with Crippen LogP contribution >= 0.6 is 11.3 Å². The Morgan fingerprint density at radius 3 is 2.49 bits per heavy atom. The molecule has 3 aliphatic rings. The number of carboxylic acids is 1. The lowest BCUT2D eigenvalue weighted by atomic mass is 9.78. The van der Waals surface area contributed by atoms with Gasteiger partial charge in [0.1, 0.15) is 17.2 Å². The van der Waals surface area contributed by atoms with Gasteiger partial charge >= 0.3 is 12.1 Å². The van der Waals surface area contributed by atoms with E-state index >= 15 is 0 Å². The van der Waals surface area contributed by atoms with Crippen molar-refractivity contribution in [1.82, 2.24) is 14.8 Å². The number of halogens is 3. The molecule has 2 aliphatic heterocycles. The Morgan fingerprint density at radius 2 is 1.81 bits per heavy atom. The van der Waals surface area contributed by atoms with E-state index in [1.165, 1.54) is 16.2 Å². The average Bonchev–Trinajstić information content (AvgIpc) is 3.75. The van der Waals surface area contributed by atoms with Crippen LogP contribution in [0, 0.1) is 12.8 Å². The van der Waals surface area contributed by atoms with Crippen LogP contribution in [0.4, 0.5) is 13.2 Å². The number of benzene rings is 1. The van der Waals surface area contributed by atoms with Gasteiger partial charge in [-0.2, -0.15) is 13.2 Å². The normalized spacial score (nSPS) is 24.5. The van der Waals surface area contributed by atoms with Crippen LogP contribution in [0.2, 0.25) is 0 Å². The average molecular weight is 758 g/mol. The van der Waals surface area contributed by atoms with Crippen LogP contribution in [-0.4, -0.2) is 80.2 Å². The number of aliphatic hydroxyl groups is 1. The second kappa shape index (κ2) is 15.7. The number of aryl methyl sites for hydroxylation is 1. The Balaban J connectivity index is 1.27. The van der Waals surface area contributed by atoms with Gasteiger partial charge in [-0.15, -0.1) is 11.3 Å². The summed E-state index contributed by atoms with van der Waals surface area (Å²) in [7, 11) is 0. The van der Waals surface area contributed by atoms with Crippen molar-refractivity contribution in [1.29, 1.82) is 0 Å². The molecule has 1 aliphatic carbocycles. The number of alkyl halides is 3. The summed E-state index contributed by atoms with van der Waals surface area (Å²) < 4.78 is 55.2. The molecule has 53 heavy (non-hydrogen) atoms. The van der Waals surface area contributed by atoms with Crippen LogP contribution in [0.3, 0.4) is 0 Å². The highest BCUT2D eigenvalue weighted by atomic mass is 32.1. The van der Waals surface area contributed by atoms with Gasteiger partial charge < -0.3 is 29.5 Å². The maximum atomic E-state index is 15.0. The number of hydrogen-bond donors (Lipinski definition) is 2. The van der Waals surface area contributed by atoms with Crippen molar-refractivity contribution in [2.24, 2.45) is 5.92 Å². The molecule has 10 nitrogen and oxygen atoms in total. The predicted molar refractivity (Wildman–Crippen MR) is 191 cm³/mol. The Bertz CT molecular complexity index is 1790. The van der Waals surface area contributed by atoms with E-state index in [9.17, 15) is 37.8 Å². The Kier molecular flexibility index (Phi) is 11.4. The van der Waals surface area contributed by atoms with E-state index in [2.05, 4.69) is 4.98 Å². The molecular formula is C39H46F3N3O7S. The number of carbonyl (C=O) groups is 3. The number of aliphatic carboxylic acids is 1. The first-order chi connectivity index (χ1) is 25.2. The number of carbonyl (C=O) groups excluding carboxylic acids is 2. The standard InChI is InChI=1S/C39H46F3N3O7S/c1-3-8-32-38(52-28-21-25(2)53-24-28,14-7-18-45(32)35(48)34-30(39(40,41)42)10-6-17-43-34)36(49)44-19-15-37(50,16-20-44)29-9-4-5-11-31(29)51-27-13-12-26(22-27)23-33(46)47/h4-6,9-11,17,21,24,26-27,32,50H,3,7-8,12-16,18-20,22-23H2,1-2H3,(H,46,47)/t26-,27+,32+,38-/m0/s1. The van der Waals surface area contributed by atoms with E-state index in [0.717, 1.165) is 36.0 Å². The summed E-state index contributed by atoms with van der Waals surface area (Å²) >= 11 is 1.44. The molecular weight excluding hydrogens is 712 g/mol. The minimum atomic E-state index is -4.80. The van der Waals surface area contributed by atoms with Crippen LogP contribution in [0.1, 0.15) is 97.6 Å². The zero-order valence-electron chi connectivity index (χ0n) is 29.9. The highest BCUT2D eigenvalue weighted by Gasteiger charge is 2.56. The van der Waals surface area contributed by atoms with Gasteiger partial charge in [0.05, 0.1) is 23.3 Å². The fraction of sp³-hybridized carbons (Fsp3) is 0.538. The highest BCUT2D eigenvalue weighted by Crippen LogP contribution is 2.44. The molecule has 14 heteroatoms. The number of pyridine rings is 1. The molecule has 6 rings (SSSR count). The van der Waals surface area contributed by atoms with Crippen LogP contribution < -0.4 is 9.47 Å². The van der Waals surface area contributed by atoms with E-state index in [0.29, 0.717) is 42.7 Å². The minimum Gasteiger partial charge on any atom is -0.490 e. The van der Waals surface area contributed by atoms with Crippen LogP contribution in [0.25, 0.3) is 0 Å². The number of carboxylic acid groups (broad SMARTS) is 1. The number of likely N-dealkylation sites (tertiary alicyclic amines) is 2. The summed E-state index contributed by atoms with van der Waals surface area (Å²) in [5.74, 6) is -1.10. The van der Waals surface area contributed by atoms with Gasteiger partial charge in [-0.05, 0) is 82.1 Å². The summed E-state index contributed by atoms with van der Waals surface area (Å²) in [6.07, 6.45) is 0.103. The zero-order chi connectivity index (χ0) is 38.0.